The highest BCUT2D eigenvalue weighted by atomic mass is 35.5. The topological polar surface area (TPSA) is 57.7 Å². The predicted octanol–water partition coefficient (Wildman–Crippen LogP) is 5.40. The van der Waals surface area contributed by atoms with Crippen LogP contribution in [0.3, 0.4) is 0 Å². The number of benzene rings is 2. The first kappa shape index (κ1) is 19.2. The largest absolute Gasteiger partial charge is 0.339 e. The zero-order valence-corrected chi connectivity index (χ0v) is 17.7. The van der Waals surface area contributed by atoms with Gasteiger partial charge in [-0.1, -0.05) is 53.5 Å². The number of H-pyrrole nitrogens is 1. The van der Waals surface area contributed by atoms with Gasteiger partial charge in [0.2, 0.25) is 0 Å². The van der Waals surface area contributed by atoms with E-state index in [4.69, 9.17) is 28.2 Å². The Morgan fingerprint density at radius 3 is 2.53 bits per heavy atom. The number of halogens is 2. The fourth-order valence-corrected chi connectivity index (χ4v) is 4.01. The SMILES string of the molecule is Clc1ccc(-c2ncc3c(n2)CCN(Cc2[nH]c(-c4ccccc4)nc2Cl)C3)cc1. The van der Waals surface area contributed by atoms with Gasteiger partial charge in [-0.2, -0.15) is 0 Å². The van der Waals surface area contributed by atoms with Crippen LogP contribution in [-0.4, -0.2) is 31.4 Å². The van der Waals surface area contributed by atoms with E-state index in [1.165, 1.54) is 0 Å². The van der Waals surface area contributed by atoms with Crippen LogP contribution in [0.15, 0.2) is 60.8 Å². The van der Waals surface area contributed by atoms with Gasteiger partial charge in [0, 0.05) is 54.0 Å². The van der Waals surface area contributed by atoms with Crippen LogP contribution in [0.25, 0.3) is 22.8 Å². The highest BCUT2D eigenvalue weighted by molar-refractivity contribution is 6.30. The van der Waals surface area contributed by atoms with Crippen molar-refractivity contribution < 1.29 is 0 Å². The molecule has 0 bridgehead atoms. The lowest BCUT2D eigenvalue weighted by molar-refractivity contribution is 0.240. The summed E-state index contributed by atoms with van der Waals surface area (Å²) in [6.45, 7) is 2.39. The highest BCUT2D eigenvalue weighted by Crippen LogP contribution is 2.26. The monoisotopic (exact) mass is 435 g/mol. The highest BCUT2D eigenvalue weighted by Gasteiger charge is 2.21. The Morgan fingerprint density at radius 1 is 0.933 bits per heavy atom. The summed E-state index contributed by atoms with van der Waals surface area (Å²) >= 11 is 12.4. The molecule has 2 aromatic heterocycles. The number of hydrogen-bond acceptors (Lipinski definition) is 4. The molecule has 1 N–H and O–H groups in total. The lowest BCUT2D eigenvalue weighted by atomic mass is 10.1. The smallest absolute Gasteiger partial charge is 0.159 e. The molecule has 7 heteroatoms. The van der Waals surface area contributed by atoms with Gasteiger partial charge >= 0.3 is 0 Å². The lowest BCUT2D eigenvalue weighted by Gasteiger charge is -2.27. The van der Waals surface area contributed by atoms with Crippen LogP contribution in [0, 0.1) is 0 Å². The molecular formula is C23H19Cl2N5. The number of imidazole rings is 1. The van der Waals surface area contributed by atoms with Gasteiger partial charge in [-0.05, 0) is 24.3 Å². The Hall–Kier alpha value is -2.73. The first-order valence-electron chi connectivity index (χ1n) is 9.78. The maximum Gasteiger partial charge on any atom is 0.159 e. The van der Waals surface area contributed by atoms with Crippen molar-refractivity contribution in [3.8, 4) is 22.8 Å². The van der Waals surface area contributed by atoms with Crippen LogP contribution >= 0.6 is 23.2 Å². The van der Waals surface area contributed by atoms with E-state index in [1.54, 1.807) is 0 Å². The third kappa shape index (κ3) is 3.97. The summed E-state index contributed by atoms with van der Waals surface area (Å²) in [5.41, 5.74) is 5.18. The van der Waals surface area contributed by atoms with Crippen molar-refractivity contribution >= 4 is 23.2 Å². The summed E-state index contributed by atoms with van der Waals surface area (Å²) in [6, 6.07) is 17.6. The number of aromatic nitrogens is 4. The van der Waals surface area contributed by atoms with E-state index in [0.717, 1.165) is 59.2 Å². The minimum atomic E-state index is 0.522. The third-order valence-electron chi connectivity index (χ3n) is 5.27. The van der Waals surface area contributed by atoms with Crippen molar-refractivity contribution in [2.75, 3.05) is 6.54 Å². The maximum atomic E-state index is 6.41. The Kier molecular flexibility index (Phi) is 5.25. The second-order valence-corrected chi connectivity index (χ2v) is 8.15. The molecule has 0 aliphatic carbocycles. The number of nitrogens with zero attached hydrogens (tertiary/aromatic N) is 4. The van der Waals surface area contributed by atoms with Crippen molar-refractivity contribution in [2.24, 2.45) is 0 Å². The van der Waals surface area contributed by atoms with Crippen LogP contribution in [0.1, 0.15) is 17.0 Å². The number of rotatable bonds is 4. The van der Waals surface area contributed by atoms with Crippen LogP contribution in [-0.2, 0) is 19.5 Å². The Morgan fingerprint density at radius 2 is 1.73 bits per heavy atom. The molecule has 4 aromatic rings. The lowest BCUT2D eigenvalue weighted by Crippen LogP contribution is -2.31. The molecule has 0 fully saturated rings. The second-order valence-electron chi connectivity index (χ2n) is 7.35. The van der Waals surface area contributed by atoms with Gasteiger partial charge in [-0.3, -0.25) is 4.90 Å². The van der Waals surface area contributed by atoms with Crippen molar-refractivity contribution in [2.45, 2.75) is 19.5 Å². The fraction of sp³-hybridized carbons (Fsp3) is 0.174. The molecule has 2 aromatic carbocycles. The van der Waals surface area contributed by atoms with Crippen LogP contribution in [0.4, 0.5) is 0 Å². The Balaban J connectivity index is 1.32. The molecule has 30 heavy (non-hydrogen) atoms. The van der Waals surface area contributed by atoms with E-state index >= 15 is 0 Å². The molecule has 0 unspecified atom stereocenters. The van der Waals surface area contributed by atoms with Crippen LogP contribution < -0.4 is 0 Å². The minimum Gasteiger partial charge on any atom is -0.339 e. The number of nitrogens with one attached hydrogen (secondary N) is 1. The van der Waals surface area contributed by atoms with Crippen LogP contribution in [0.5, 0.6) is 0 Å². The van der Waals surface area contributed by atoms with Crippen molar-refractivity contribution in [1.82, 2.24) is 24.8 Å². The van der Waals surface area contributed by atoms with Gasteiger partial charge in [0.1, 0.15) is 5.82 Å². The quantitative estimate of drug-likeness (QED) is 0.466. The molecule has 0 saturated heterocycles. The Bertz CT molecular complexity index is 1170. The van der Waals surface area contributed by atoms with Crippen molar-refractivity contribution in [1.29, 1.82) is 0 Å². The summed E-state index contributed by atoms with van der Waals surface area (Å²) in [6.07, 6.45) is 2.80. The predicted molar refractivity (Wildman–Crippen MR) is 119 cm³/mol. The summed E-state index contributed by atoms with van der Waals surface area (Å²) in [5.74, 6) is 1.53. The normalized spacial score (nSPS) is 13.9. The van der Waals surface area contributed by atoms with Gasteiger partial charge < -0.3 is 4.98 Å². The van der Waals surface area contributed by atoms with E-state index in [0.29, 0.717) is 16.7 Å². The van der Waals surface area contributed by atoms with Crippen LogP contribution in [0.2, 0.25) is 10.2 Å². The molecule has 5 nitrogen and oxygen atoms in total. The van der Waals surface area contributed by atoms with Gasteiger partial charge in [0.25, 0.3) is 0 Å². The molecule has 0 saturated carbocycles. The molecule has 0 atom stereocenters. The molecule has 1 aliphatic rings. The molecule has 1 aliphatic heterocycles. The molecular weight excluding hydrogens is 417 g/mol. The van der Waals surface area contributed by atoms with E-state index in [2.05, 4.69) is 19.9 Å². The van der Waals surface area contributed by atoms with E-state index in [1.807, 2.05) is 60.8 Å². The fourth-order valence-electron chi connectivity index (χ4n) is 3.70. The van der Waals surface area contributed by atoms with E-state index in [-0.39, 0.29) is 0 Å². The Labute approximate surface area is 184 Å². The molecule has 0 radical (unpaired) electrons. The maximum absolute atomic E-state index is 6.41. The summed E-state index contributed by atoms with van der Waals surface area (Å²) in [4.78, 5) is 19.6. The number of aromatic amines is 1. The average Bonchev–Trinajstić information content (AvgIpc) is 3.15. The zero-order chi connectivity index (χ0) is 20.5. The van der Waals surface area contributed by atoms with E-state index < -0.39 is 0 Å². The first-order valence-corrected chi connectivity index (χ1v) is 10.5. The molecule has 3 heterocycles. The summed E-state index contributed by atoms with van der Waals surface area (Å²) in [7, 11) is 0. The number of fused-ring (bicyclic) bond motifs is 1. The van der Waals surface area contributed by atoms with Gasteiger partial charge in [0.05, 0.1) is 11.4 Å². The number of hydrogen-bond donors (Lipinski definition) is 1. The molecule has 5 rings (SSSR count). The third-order valence-corrected chi connectivity index (χ3v) is 5.84. The zero-order valence-electron chi connectivity index (χ0n) is 16.1. The molecule has 150 valence electrons. The van der Waals surface area contributed by atoms with Gasteiger partial charge in [0.15, 0.2) is 11.0 Å². The minimum absolute atomic E-state index is 0.522. The van der Waals surface area contributed by atoms with E-state index in [9.17, 15) is 0 Å². The second kappa shape index (κ2) is 8.19. The first-order chi connectivity index (χ1) is 14.7. The standard InChI is InChI=1S/C23H19Cl2N5/c24-18-8-6-16(7-9-18)22-26-12-17-13-30(11-10-19(17)27-22)14-20-21(25)29-23(28-20)15-4-2-1-3-5-15/h1-9,12H,10-11,13-14H2,(H,28,29). The molecule has 0 spiro atoms. The summed E-state index contributed by atoms with van der Waals surface area (Å²) < 4.78 is 0. The van der Waals surface area contributed by atoms with Gasteiger partial charge in [-0.25, -0.2) is 15.0 Å². The van der Waals surface area contributed by atoms with Crippen molar-refractivity contribution in [3.05, 3.63) is 87.9 Å². The summed E-state index contributed by atoms with van der Waals surface area (Å²) in [5, 5.41) is 1.23. The van der Waals surface area contributed by atoms with Gasteiger partial charge in [-0.15, -0.1) is 0 Å². The van der Waals surface area contributed by atoms with Crippen molar-refractivity contribution in [3.63, 3.8) is 0 Å². The average molecular weight is 436 g/mol. The molecule has 0 amide bonds.